The summed E-state index contributed by atoms with van der Waals surface area (Å²) in [6.45, 7) is 5.37. The highest BCUT2D eigenvalue weighted by Gasteiger charge is 2.20. The van der Waals surface area contributed by atoms with Crippen LogP contribution in [0.4, 0.5) is 0 Å². The second kappa shape index (κ2) is 7.40. The van der Waals surface area contributed by atoms with Gasteiger partial charge >= 0.3 is 0 Å². The topological polar surface area (TPSA) is 51.7 Å². The molecule has 0 bridgehead atoms. The standard InChI is InChI=1S/C21H20N2O3S/c1-3-23(11-15-6-9-18-19(10-15)26-13-25-18)21(24)17-12-27-20(22-17)16-7-4-14(2)5-8-16/h4-10,12H,3,11,13H2,1-2H3. The van der Waals surface area contributed by atoms with Gasteiger partial charge in [0, 0.05) is 24.0 Å². The minimum absolute atomic E-state index is 0.0650. The first-order valence-corrected chi connectivity index (χ1v) is 9.72. The summed E-state index contributed by atoms with van der Waals surface area (Å²) in [5.74, 6) is 1.41. The number of fused-ring (bicyclic) bond motifs is 1. The van der Waals surface area contributed by atoms with Crippen molar-refractivity contribution in [1.29, 1.82) is 0 Å². The van der Waals surface area contributed by atoms with Gasteiger partial charge in [-0.1, -0.05) is 35.9 Å². The maximum Gasteiger partial charge on any atom is 0.273 e. The summed E-state index contributed by atoms with van der Waals surface area (Å²) in [5, 5.41) is 2.69. The van der Waals surface area contributed by atoms with E-state index in [0.29, 0.717) is 18.8 Å². The number of thiazole rings is 1. The Morgan fingerprint density at radius 3 is 2.70 bits per heavy atom. The van der Waals surface area contributed by atoms with Crippen LogP contribution in [0.5, 0.6) is 11.5 Å². The van der Waals surface area contributed by atoms with E-state index in [2.05, 4.69) is 24.0 Å². The van der Waals surface area contributed by atoms with Gasteiger partial charge in [0.05, 0.1) is 0 Å². The lowest BCUT2D eigenvalue weighted by molar-refractivity contribution is 0.0747. The second-order valence-corrected chi connectivity index (χ2v) is 7.27. The van der Waals surface area contributed by atoms with E-state index in [-0.39, 0.29) is 12.7 Å². The molecule has 0 fully saturated rings. The SMILES string of the molecule is CCN(Cc1ccc2c(c1)OCO2)C(=O)c1csc(-c2ccc(C)cc2)n1. The van der Waals surface area contributed by atoms with Crippen molar-refractivity contribution in [1.82, 2.24) is 9.88 Å². The van der Waals surface area contributed by atoms with Crippen LogP contribution in [0.15, 0.2) is 47.8 Å². The normalized spacial score (nSPS) is 12.2. The molecule has 0 radical (unpaired) electrons. The van der Waals surface area contributed by atoms with Crippen molar-refractivity contribution < 1.29 is 14.3 Å². The average molecular weight is 380 g/mol. The summed E-state index contributed by atoms with van der Waals surface area (Å²) in [6, 6.07) is 13.9. The maximum absolute atomic E-state index is 12.9. The molecule has 2 heterocycles. The van der Waals surface area contributed by atoms with Crippen LogP contribution in [-0.4, -0.2) is 29.1 Å². The van der Waals surface area contributed by atoms with Crippen molar-refractivity contribution in [2.75, 3.05) is 13.3 Å². The van der Waals surface area contributed by atoms with Gasteiger partial charge in [-0.2, -0.15) is 0 Å². The van der Waals surface area contributed by atoms with E-state index in [4.69, 9.17) is 9.47 Å². The Labute approximate surface area is 162 Å². The van der Waals surface area contributed by atoms with Crippen LogP contribution in [0, 0.1) is 6.92 Å². The number of aryl methyl sites for hydroxylation is 1. The third kappa shape index (κ3) is 3.66. The zero-order valence-corrected chi connectivity index (χ0v) is 16.1. The Balaban J connectivity index is 1.51. The van der Waals surface area contributed by atoms with Crippen LogP contribution in [0.3, 0.4) is 0 Å². The summed E-state index contributed by atoms with van der Waals surface area (Å²) in [5.41, 5.74) is 3.72. The Morgan fingerprint density at radius 1 is 1.15 bits per heavy atom. The van der Waals surface area contributed by atoms with E-state index in [0.717, 1.165) is 27.6 Å². The predicted octanol–water partition coefficient (Wildman–Crippen LogP) is 4.51. The zero-order valence-electron chi connectivity index (χ0n) is 15.3. The van der Waals surface area contributed by atoms with Crippen LogP contribution < -0.4 is 9.47 Å². The predicted molar refractivity (Wildman–Crippen MR) is 105 cm³/mol. The molecule has 0 spiro atoms. The summed E-state index contributed by atoms with van der Waals surface area (Å²) >= 11 is 1.49. The van der Waals surface area contributed by atoms with Crippen molar-refractivity contribution in [3.63, 3.8) is 0 Å². The van der Waals surface area contributed by atoms with Crippen molar-refractivity contribution in [2.24, 2.45) is 0 Å². The minimum atomic E-state index is -0.0650. The van der Waals surface area contributed by atoms with E-state index >= 15 is 0 Å². The van der Waals surface area contributed by atoms with E-state index < -0.39 is 0 Å². The van der Waals surface area contributed by atoms with E-state index in [1.165, 1.54) is 16.9 Å². The molecule has 0 saturated carbocycles. The molecule has 0 N–H and O–H groups in total. The highest BCUT2D eigenvalue weighted by atomic mass is 32.1. The van der Waals surface area contributed by atoms with Crippen LogP contribution >= 0.6 is 11.3 Å². The highest BCUT2D eigenvalue weighted by Crippen LogP contribution is 2.33. The Kier molecular flexibility index (Phi) is 4.81. The molecule has 0 saturated heterocycles. The van der Waals surface area contributed by atoms with Crippen LogP contribution in [0.1, 0.15) is 28.5 Å². The minimum Gasteiger partial charge on any atom is -0.454 e. The van der Waals surface area contributed by atoms with E-state index in [9.17, 15) is 4.79 Å². The van der Waals surface area contributed by atoms with Crippen molar-refractivity contribution in [3.8, 4) is 22.1 Å². The molecule has 138 valence electrons. The van der Waals surface area contributed by atoms with Gasteiger partial charge in [0.2, 0.25) is 6.79 Å². The molecule has 6 heteroatoms. The first-order valence-electron chi connectivity index (χ1n) is 8.84. The molecule has 5 nitrogen and oxygen atoms in total. The lowest BCUT2D eigenvalue weighted by atomic mass is 10.1. The van der Waals surface area contributed by atoms with Crippen molar-refractivity contribution in [3.05, 3.63) is 64.7 Å². The lowest BCUT2D eigenvalue weighted by Gasteiger charge is -2.20. The number of hydrogen-bond acceptors (Lipinski definition) is 5. The van der Waals surface area contributed by atoms with Gasteiger partial charge in [0.1, 0.15) is 10.7 Å². The van der Waals surface area contributed by atoms with Gasteiger partial charge in [0.25, 0.3) is 5.91 Å². The summed E-state index contributed by atoms with van der Waals surface area (Å²) in [7, 11) is 0. The molecule has 0 aliphatic carbocycles. The van der Waals surface area contributed by atoms with Gasteiger partial charge in [0.15, 0.2) is 11.5 Å². The average Bonchev–Trinajstić information content (AvgIpc) is 3.35. The molecule has 0 atom stereocenters. The number of nitrogens with zero attached hydrogens (tertiary/aromatic N) is 2. The van der Waals surface area contributed by atoms with Crippen molar-refractivity contribution in [2.45, 2.75) is 20.4 Å². The number of aromatic nitrogens is 1. The molecule has 2 aromatic carbocycles. The quantitative estimate of drug-likeness (QED) is 0.653. The molecule has 4 rings (SSSR count). The number of carbonyl (C=O) groups excluding carboxylic acids is 1. The number of benzene rings is 2. The fraction of sp³-hybridized carbons (Fsp3) is 0.238. The largest absolute Gasteiger partial charge is 0.454 e. The van der Waals surface area contributed by atoms with E-state index in [1.54, 1.807) is 4.90 Å². The van der Waals surface area contributed by atoms with E-state index in [1.807, 2.05) is 42.6 Å². The maximum atomic E-state index is 12.9. The second-order valence-electron chi connectivity index (χ2n) is 6.41. The third-order valence-electron chi connectivity index (χ3n) is 4.50. The first-order chi connectivity index (χ1) is 13.1. The monoisotopic (exact) mass is 380 g/mol. The van der Waals surface area contributed by atoms with Crippen LogP contribution in [0.2, 0.25) is 0 Å². The fourth-order valence-corrected chi connectivity index (χ4v) is 3.75. The zero-order chi connectivity index (χ0) is 18.8. The molecular weight excluding hydrogens is 360 g/mol. The number of carbonyl (C=O) groups is 1. The summed E-state index contributed by atoms with van der Waals surface area (Å²) in [6.07, 6.45) is 0. The molecule has 1 aromatic heterocycles. The molecule has 27 heavy (non-hydrogen) atoms. The first kappa shape index (κ1) is 17.5. The Hall–Kier alpha value is -2.86. The summed E-state index contributed by atoms with van der Waals surface area (Å²) < 4.78 is 10.8. The van der Waals surface area contributed by atoms with Crippen LogP contribution in [0.25, 0.3) is 10.6 Å². The number of hydrogen-bond donors (Lipinski definition) is 0. The molecule has 3 aromatic rings. The third-order valence-corrected chi connectivity index (χ3v) is 5.39. The van der Waals surface area contributed by atoms with Gasteiger partial charge in [-0.15, -0.1) is 11.3 Å². The smallest absolute Gasteiger partial charge is 0.273 e. The van der Waals surface area contributed by atoms with Crippen molar-refractivity contribution >= 4 is 17.2 Å². The van der Waals surface area contributed by atoms with Crippen LogP contribution in [-0.2, 0) is 6.54 Å². The number of rotatable bonds is 5. The van der Waals surface area contributed by atoms with Gasteiger partial charge in [-0.3, -0.25) is 4.79 Å². The fourth-order valence-electron chi connectivity index (χ4n) is 2.95. The molecule has 1 aliphatic heterocycles. The Morgan fingerprint density at radius 2 is 1.93 bits per heavy atom. The molecule has 1 amide bonds. The van der Waals surface area contributed by atoms with Gasteiger partial charge in [-0.05, 0) is 31.5 Å². The molecular formula is C21H20N2O3S. The highest BCUT2D eigenvalue weighted by molar-refractivity contribution is 7.13. The molecule has 1 aliphatic rings. The number of amides is 1. The Bertz CT molecular complexity index is 966. The molecule has 0 unspecified atom stereocenters. The summed E-state index contributed by atoms with van der Waals surface area (Å²) in [4.78, 5) is 19.3. The lowest BCUT2D eigenvalue weighted by Crippen LogP contribution is -2.30. The van der Waals surface area contributed by atoms with Gasteiger partial charge in [-0.25, -0.2) is 4.98 Å². The van der Waals surface area contributed by atoms with Gasteiger partial charge < -0.3 is 14.4 Å². The number of ether oxygens (including phenoxy) is 2.